The minimum atomic E-state index is -0.0613. The topological polar surface area (TPSA) is 67.4 Å². The number of piperidine rings is 1. The van der Waals surface area contributed by atoms with Gasteiger partial charge in [-0.05, 0) is 43.8 Å². The Hall–Kier alpha value is -1.72. The molecule has 150 valence electrons. The fraction of sp³-hybridized carbons (Fsp3) is 0.636. The van der Waals surface area contributed by atoms with Gasteiger partial charge in [-0.1, -0.05) is 38.1 Å². The molecule has 27 heavy (non-hydrogen) atoms. The maximum atomic E-state index is 12.3. The smallest absolute Gasteiger partial charge is 0.220 e. The van der Waals surface area contributed by atoms with Crippen molar-refractivity contribution in [1.82, 2.24) is 10.6 Å². The molecule has 1 aliphatic rings. The Morgan fingerprint density at radius 1 is 1.15 bits per heavy atom. The van der Waals surface area contributed by atoms with Crippen molar-refractivity contribution in [3.63, 3.8) is 0 Å². The number of benzene rings is 1. The molecule has 0 bridgehead atoms. The number of Topliss-reactive ketones (excluding diaryl/α,β-unsaturated/α-hetero) is 1. The number of hydrogen-bond acceptors (Lipinski definition) is 4. The molecular weight excluding hydrogens is 340 g/mol. The number of ketones is 1. The Morgan fingerprint density at radius 3 is 2.41 bits per heavy atom. The van der Waals surface area contributed by atoms with Crippen LogP contribution in [0, 0.1) is 11.3 Å². The molecule has 1 aliphatic heterocycles. The minimum absolute atomic E-state index is 0.00587. The molecular formula is C22H34N2O3. The van der Waals surface area contributed by atoms with E-state index in [0.29, 0.717) is 24.6 Å². The molecule has 0 aliphatic carbocycles. The molecule has 1 aromatic carbocycles. The van der Waals surface area contributed by atoms with Crippen molar-refractivity contribution in [3.05, 3.63) is 35.4 Å². The molecule has 0 aromatic heterocycles. The lowest BCUT2D eigenvalue weighted by atomic mass is 9.79. The van der Waals surface area contributed by atoms with Crippen LogP contribution in [0.1, 0.15) is 55.5 Å². The molecule has 2 rings (SSSR count). The molecule has 1 amide bonds. The molecule has 5 heteroatoms. The zero-order chi connectivity index (χ0) is 19.7. The Labute approximate surface area is 163 Å². The number of carbonyl (C=O) groups excluding carboxylic acids is 2. The molecule has 1 fully saturated rings. The first kappa shape index (κ1) is 21.6. The van der Waals surface area contributed by atoms with Crippen molar-refractivity contribution in [2.75, 3.05) is 33.4 Å². The van der Waals surface area contributed by atoms with Crippen LogP contribution < -0.4 is 10.6 Å². The summed E-state index contributed by atoms with van der Waals surface area (Å²) in [5.74, 6) is 0.556. The van der Waals surface area contributed by atoms with Gasteiger partial charge in [-0.15, -0.1) is 0 Å². The molecule has 0 saturated carbocycles. The van der Waals surface area contributed by atoms with Gasteiger partial charge in [-0.25, -0.2) is 0 Å². The second kappa shape index (κ2) is 10.6. The molecule has 0 spiro atoms. The molecule has 2 N–H and O–H groups in total. The lowest BCUT2D eigenvalue weighted by molar-refractivity contribution is -0.122. The summed E-state index contributed by atoms with van der Waals surface area (Å²) < 4.78 is 5.37. The highest BCUT2D eigenvalue weighted by Crippen LogP contribution is 2.28. The molecule has 0 atom stereocenters. The average Bonchev–Trinajstić information content (AvgIpc) is 2.65. The van der Waals surface area contributed by atoms with E-state index in [2.05, 4.69) is 24.5 Å². The molecule has 0 radical (unpaired) electrons. The summed E-state index contributed by atoms with van der Waals surface area (Å²) in [6, 6.07) is 7.78. The molecule has 0 unspecified atom stereocenters. The zero-order valence-corrected chi connectivity index (χ0v) is 17.0. The van der Waals surface area contributed by atoms with E-state index in [0.717, 1.165) is 32.4 Å². The second-order valence-corrected chi connectivity index (χ2v) is 8.18. The highest BCUT2D eigenvalue weighted by atomic mass is 16.5. The average molecular weight is 375 g/mol. The van der Waals surface area contributed by atoms with E-state index in [1.165, 1.54) is 5.56 Å². The van der Waals surface area contributed by atoms with Crippen molar-refractivity contribution in [3.8, 4) is 0 Å². The minimum Gasteiger partial charge on any atom is -0.384 e. The third-order valence-electron chi connectivity index (χ3n) is 5.27. The maximum Gasteiger partial charge on any atom is 0.220 e. The number of hydrogen-bond donors (Lipinski definition) is 2. The van der Waals surface area contributed by atoms with E-state index in [9.17, 15) is 9.59 Å². The van der Waals surface area contributed by atoms with Crippen LogP contribution in [-0.2, 0) is 16.0 Å². The summed E-state index contributed by atoms with van der Waals surface area (Å²) in [5.41, 5.74) is 1.93. The molecule has 5 nitrogen and oxygen atoms in total. The van der Waals surface area contributed by atoms with Gasteiger partial charge in [0.05, 0.1) is 6.61 Å². The van der Waals surface area contributed by atoms with Crippen molar-refractivity contribution >= 4 is 11.7 Å². The van der Waals surface area contributed by atoms with E-state index in [1.54, 1.807) is 7.11 Å². The number of methoxy groups -OCH3 is 1. The van der Waals surface area contributed by atoms with Crippen LogP contribution in [-0.4, -0.2) is 45.0 Å². The van der Waals surface area contributed by atoms with Gasteiger partial charge in [0.1, 0.15) is 0 Å². The van der Waals surface area contributed by atoms with Gasteiger partial charge in [0.15, 0.2) is 5.78 Å². The first-order chi connectivity index (χ1) is 12.9. The van der Waals surface area contributed by atoms with E-state index < -0.39 is 0 Å². The third kappa shape index (κ3) is 7.07. The van der Waals surface area contributed by atoms with Crippen LogP contribution in [0.15, 0.2) is 24.3 Å². The van der Waals surface area contributed by atoms with Gasteiger partial charge >= 0.3 is 0 Å². The van der Waals surface area contributed by atoms with Crippen molar-refractivity contribution < 1.29 is 14.3 Å². The van der Waals surface area contributed by atoms with Gasteiger partial charge in [0.2, 0.25) is 5.91 Å². The van der Waals surface area contributed by atoms with Crippen LogP contribution >= 0.6 is 0 Å². The van der Waals surface area contributed by atoms with Gasteiger partial charge in [0, 0.05) is 37.5 Å². The summed E-state index contributed by atoms with van der Waals surface area (Å²) in [5, 5.41) is 6.36. The van der Waals surface area contributed by atoms with E-state index in [-0.39, 0.29) is 29.9 Å². The summed E-state index contributed by atoms with van der Waals surface area (Å²) in [6.45, 7) is 7.52. The van der Waals surface area contributed by atoms with Gasteiger partial charge in [-0.2, -0.15) is 0 Å². The predicted octanol–water partition coefficient (Wildman–Crippen LogP) is 2.98. The van der Waals surface area contributed by atoms with E-state index in [1.807, 2.05) is 24.3 Å². The van der Waals surface area contributed by atoms with Crippen LogP contribution in [0.2, 0.25) is 0 Å². The summed E-state index contributed by atoms with van der Waals surface area (Å²) in [4.78, 5) is 24.6. The first-order valence-corrected chi connectivity index (χ1v) is 10.0. The van der Waals surface area contributed by atoms with Crippen molar-refractivity contribution in [2.45, 2.75) is 46.0 Å². The fourth-order valence-electron chi connectivity index (χ4n) is 3.68. The van der Waals surface area contributed by atoms with E-state index >= 15 is 0 Å². The summed E-state index contributed by atoms with van der Waals surface area (Å²) >= 11 is 0. The Kier molecular flexibility index (Phi) is 8.45. The molecule has 1 saturated heterocycles. The zero-order valence-electron chi connectivity index (χ0n) is 17.0. The van der Waals surface area contributed by atoms with Gasteiger partial charge in [0.25, 0.3) is 0 Å². The largest absolute Gasteiger partial charge is 0.384 e. The van der Waals surface area contributed by atoms with Crippen molar-refractivity contribution in [2.24, 2.45) is 11.3 Å². The lowest BCUT2D eigenvalue weighted by Crippen LogP contribution is -2.47. The molecule has 1 heterocycles. The van der Waals surface area contributed by atoms with Crippen LogP contribution in [0.25, 0.3) is 0 Å². The highest BCUT2D eigenvalue weighted by molar-refractivity contribution is 5.97. The van der Waals surface area contributed by atoms with Crippen molar-refractivity contribution in [1.29, 1.82) is 0 Å². The second-order valence-electron chi connectivity index (χ2n) is 8.18. The third-order valence-corrected chi connectivity index (χ3v) is 5.27. The molecule has 1 aromatic rings. The SMILES string of the molecule is COCC1(CNC(=O)CCC(=O)c2ccc(CC(C)C)cc2)CCNCC1. The van der Waals surface area contributed by atoms with Gasteiger partial charge < -0.3 is 15.4 Å². The Bertz CT molecular complexity index is 599. The number of nitrogens with one attached hydrogen (secondary N) is 2. The van der Waals surface area contributed by atoms with E-state index in [4.69, 9.17) is 4.74 Å². The normalized spacial score (nSPS) is 16.3. The quantitative estimate of drug-likeness (QED) is 0.618. The summed E-state index contributed by atoms with van der Waals surface area (Å²) in [6.07, 6.45) is 3.46. The Morgan fingerprint density at radius 2 is 1.81 bits per heavy atom. The Balaban J connectivity index is 1.78. The number of rotatable bonds is 10. The summed E-state index contributed by atoms with van der Waals surface area (Å²) in [7, 11) is 1.71. The van der Waals surface area contributed by atoms with Crippen LogP contribution in [0.5, 0.6) is 0 Å². The lowest BCUT2D eigenvalue weighted by Gasteiger charge is -2.37. The predicted molar refractivity (Wildman–Crippen MR) is 108 cm³/mol. The van der Waals surface area contributed by atoms with Crippen LogP contribution in [0.3, 0.4) is 0 Å². The van der Waals surface area contributed by atoms with Crippen LogP contribution in [0.4, 0.5) is 0 Å². The highest BCUT2D eigenvalue weighted by Gasteiger charge is 2.32. The number of carbonyl (C=O) groups is 2. The fourth-order valence-corrected chi connectivity index (χ4v) is 3.68. The monoisotopic (exact) mass is 374 g/mol. The van der Waals surface area contributed by atoms with Gasteiger partial charge in [-0.3, -0.25) is 9.59 Å². The maximum absolute atomic E-state index is 12.3. The standard InChI is InChI=1S/C22H34N2O3/c1-17(2)14-18-4-6-19(7-5-18)20(25)8-9-21(26)24-15-22(16-27-3)10-12-23-13-11-22/h4-7,17,23H,8-16H2,1-3H3,(H,24,26). The number of amides is 1. The number of ether oxygens (including phenoxy) is 1. The first-order valence-electron chi connectivity index (χ1n) is 10.0.